The van der Waals surface area contributed by atoms with Crippen molar-refractivity contribution < 1.29 is 0 Å². The predicted molar refractivity (Wildman–Crippen MR) is 67.3 cm³/mol. The van der Waals surface area contributed by atoms with E-state index < -0.39 is 0 Å². The third-order valence-electron chi connectivity index (χ3n) is 2.97. The molecule has 17 heavy (non-hydrogen) atoms. The van der Waals surface area contributed by atoms with Gasteiger partial charge in [-0.25, -0.2) is 0 Å². The third-order valence-corrected chi connectivity index (χ3v) is 2.97. The first kappa shape index (κ1) is 11.9. The molecule has 0 saturated heterocycles. The van der Waals surface area contributed by atoms with E-state index >= 15 is 0 Å². The summed E-state index contributed by atoms with van der Waals surface area (Å²) >= 11 is 0. The minimum absolute atomic E-state index is 0.0894. The average molecular weight is 234 g/mol. The Morgan fingerprint density at radius 3 is 2.71 bits per heavy atom. The van der Waals surface area contributed by atoms with Crippen LogP contribution in [0.4, 0.5) is 0 Å². The van der Waals surface area contributed by atoms with Crippen LogP contribution in [0.15, 0.2) is 16.9 Å². The molecule has 0 spiro atoms. The van der Waals surface area contributed by atoms with Crippen LogP contribution in [0.2, 0.25) is 0 Å². The van der Waals surface area contributed by atoms with Gasteiger partial charge in [0, 0.05) is 31.3 Å². The lowest BCUT2D eigenvalue weighted by Gasteiger charge is -2.08. The Morgan fingerprint density at radius 1 is 1.41 bits per heavy atom. The smallest absolute Gasteiger partial charge is 0.274 e. The highest BCUT2D eigenvalue weighted by Gasteiger charge is 2.11. The summed E-state index contributed by atoms with van der Waals surface area (Å²) in [5.41, 5.74) is 8.15. The van der Waals surface area contributed by atoms with Gasteiger partial charge in [-0.3, -0.25) is 4.79 Å². The van der Waals surface area contributed by atoms with Crippen molar-refractivity contribution in [1.29, 1.82) is 0 Å². The lowest BCUT2D eigenvalue weighted by Crippen LogP contribution is -2.21. The maximum atomic E-state index is 11.9. The summed E-state index contributed by atoms with van der Waals surface area (Å²) in [6.07, 6.45) is 0.699. The minimum Gasteiger partial charge on any atom is -0.333 e. The maximum Gasteiger partial charge on any atom is 0.274 e. The summed E-state index contributed by atoms with van der Waals surface area (Å²) in [5, 5.41) is 4.33. The van der Waals surface area contributed by atoms with Crippen LogP contribution in [0.25, 0.3) is 5.65 Å². The van der Waals surface area contributed by atoms with Crippen molar-refractivity contribution in [2.45, 2.75) is 26.2 Å². The van der Waals surface area contributed by atoms with Crippen molar-refractivity contribution in [3.63, 3.8) is 0 Å². The van der Waals surface area contributed by atoms with Gasteiger partial charge in [-0.1, -0.05) is 13.8 Å². The van der Waals surface area contributed by atoms with E-state index in [0.717, 1.165) is 17.0 Å². The van der Waals surface area contributed by atoms with E-state index in [1.807, 2.05) is 17.7 Å². The second-order valence-electron chi connectivity index (χ2n) is 4.57. The zero-order valence-electron chi connectivity index (χ0n) is 10.5. The Labute approximate surface area is 99.9 Å². The number of hydrogen-bond acceptors (Lipinski definition) is 3. The van der Waals surface area contributed by atoms with Gasteiger partial charge < -0.3 is 10.3 Å². The topological polar surface area (TPSA) is 65.3 Å². The zero-order valence-corrected chi connectivity index (χ0v) is 10.5. The second-order valence-corrected chi connectivity index (χ2v) is 4.57. The zero-order chi connectivity index (χ0) is 12.6. The molecule has 2 rings (SSSR count). The van der Waals surface area contributed by atoms with Crippen LogP contribution in [0.5, 0.6) is 0 Å². The van der Waals surface area contributed by atoms with Crippen LogP contribution < -0.4 is 11.3 Å². The van der Waals surface area contributed by atoms with Crippen LogP contribution in [-0.2, 0) is 13.5 Å². The van der Waals surface area contributed by atoms with Gasteiger partial charge in [0.15, 0.2) is 0 Å². The summed E-state index contributed by atoms with van der Waals surface area (Å²) in [7, 11) is 1.94. The maximum absolute atomic E-state index is 11.9. The van der Waals surface area contributed by atoms with Gasteiger partial charge in [-0.15, -0.1) is 0 Å². The van der Waals surface area contributed by atoms with Crippen LogP contribution >= 0.6 is 0 Å². The summed E-state index contributed by atoms with van der Waals surface area (Å²) in [4.78, 5) is 11.9. The molecule has 5 heteroatoms. The van der Waals surface area contributed by atoms with Crippen molar-refractivity contribution in [3.8, 4) is 0 Å². The minimum atomic E-state index is -0.0894. The standard InChI is InChI=1S/C12H18N4O/c1-8(2)10-7-11-15(3)9(4-5-13)6-12(17)16(11)14-10/h6-8H,4-5,13H2,1-3H3. The molecule has 5 nitrogen and oxygen atoms in total. The molecule has 0 atom stereocenters. The number of nitrogens with two attached hydrogens (primary N) is 1. The van der Waals surface area contributed by atoms with Gasteiger partial charge in [0.2, 0.25) is 0 Å². The Bertz CT molecular complexity index is 594. The quantitative estimate of drug-likeness (QED) is 0.848. The van der Waals surface area contributed by atoms with E-state index in [2.05, 4.69) is 18.9 Å². The molecule has 92 valence electrons. The molecule has 2 aromatic heterocycles. The fourth-order valence-electron chi connectivity index (χ4n) is 1.91. The molecule has 0 aliphatic rings. The molecule has 0 bridgehead atoms. The second kappa shape index (κ2) is 4.33. The fourth-order valence-corrected chi connectivity index (χ4v) is 1.91. The van der Waals surface area contributed by atoms with Crippen molar-refractivity contribution in [3.05, 3.63) is 33.9 Å². The van der Waals surface area contributed by atoms with Crippen LogP contribution in [-0.4, -0.2) is 20.7 Å². The van der Waals surface area contributed by atoms with Gasteiger partial charge in [-0.2, -0.15) is 9.61 Å². The van der Waals surface area contributed by atoms with Gasteiger partial charge in [0.1, 0.15) is 5.65 Å². The molecule has 2 N–H and O–H groups in total. The van der Waals surface area contributed by atoms with E-state index in [-0.39, 0.29) is 5.56 Å². The number of aromatic nitrogens is 3. The summed E-state index contributed by atoms with van der Waals surface area (Å²) < 4.78 is 3.43. The highest BCUT2D eigenvalue weighted by Crippen LogP contribution is 2.14. The molecule has 0 radical (unpaired) electrons. The molecule has 0 saturated carbocycles. The van der Waals surface area contributed by atoms with Crippen molar-refractivity contribution in [2.75, 3.05) is 6.54 Å². The molecule has 0 amide bonds. The fraction of sp³-hybridized carbons (Fsp3) is 0.500. The molecule has 0 aromatic carbocycles. The number of nitrogens with zero attached hydrogens (tertiary/aromatic N) is 3. The summed E-state index contributed by atoms with van der Waals surface area (Å²) in [6.45, 7) is 4.66. The lowest BCUT2D eigenvalue weighted by atomic mass is 10.1. The molecule has 2 aromatic rings. The normalized spacial score (nSPS) is 11.6. The van der Waals surface area contributed by atoms with E-state index in [4.69, 9.17) is 5.73 Å². The van der Waals surface area contributed by atoms with E-state index in [1.54, 1.807) is 6.07 Å². The van der Waals surface area contributed by atoms with Crippen LogP contribution in [0, 0.1) is 0 Å². The van der Waals surface area contributed by atoms with E-state index in [0.29, 0.717) is 18.9 Å². The van der Waals surface area contributed by atoms with Gasteiger partial charge >= 0.3 is 0 Å². The molecule has 0 fully saturated rings. The summed E-state index contributed by atoms with van der Waals surface area (Å²) in [5.74, 6) is 0.312. The third kappa shape index (κ3) is 1.98. The average Bonchev–Trinajstić information content (AvgIpc) is 2.71. The van der Waals surface area contributed by atoms with Crippen molar-refractivity contribution >= 4 is 5.65 Å². The molecular formula is C12H18N4O. The molecule has 0 aliphatic carbocycles. The first-order valence-corrected chi connectivity index (χ1v) is 5.83. The molecule has 2 heterocycles. The lowest BCUT2D eigenvalue weighted by molar-refractivity contribution is 0.738. The highest BCUT2D eigenvalue weighted by molar-refractivity contribution is 5.42. The molecular weight excluding hydrogens is 216 g/mol. The van der Waals surface area contributed by atoms with Gasteiger partial charge in [0.05, 0.1) is 5.69 Å². The van der Waals surface area contributed by atoms with Crippen LogP contribution in [0.1, 0.15) is 31.2 Å². The van der Waals surface area contributed by atoms with E-state index in [9.17, 15) is 4.79 Å². The first-order valence-electron chi connectivity index (χ1n) is 5.83. The Kier molecular flexibility index (Phi) is 3.02. The molecule has 0 aliphatic heterocycles. The van der Waals surface area contributed by atoms with Crippen molar-refractivity contribution in [1.82, 2.24) is 14.2 Å². The number of hydrogen-bond donors (Lipinski definition) is 1. The van der Waals surface area contributed by atoms with Crippen LogP contribution in [0.3, 0.4) is 0 Å². The predicted octanol–water partition coefficient (Wildman–Crippen LogP) is 0.658. The van der Waals surface area contributed by atoms with Gasteiger partial charge in [-0.05, 0) is 12.5 Å². The number of fused-ring (bicyclic) bond motifs is 1. The van der Waals surface area contributed by atoms with Gasteiger partial charge in [0.25, 0.3) is 5.56 Å². The SMILES string of the molecule is CC(C)c1cc2n(C)c(CCN)cc(=O)n2n1. The Morgan fingerprint density at radius 2 is 2.12 bits per heavy atom. The van der Waals surface area contributed by atoms with Crippen molar-refractivity contribution in [2.24, 2.45) is 12.8 Å². The summed E-state index contributed by atoms with van der Waals surface area (Å²) in [6, 6.07) is 3.57. The monoisotopic (exact) mass is 234 g/mol. The number of aryl methyl sites for hydroxylation is 1. The first-order chi connectivity index (χ1) is 8.04. The number of rotatable bonds is 3. The highest BCUT2D eigenvalue weighted by atomic mass is 16.1. The Hall–Kier alpha value is -1.62. The Balaban J connectivity index is 2.71. The van der Waals surface area contributed by atoms with E-state index in [1.165, 1.54) is 4.52 Å². The largest absolute Gasteiger partial charge is 0.333 e. The molecule has 0 unspecified atom stereocenters.